The Balaban J connectivity index is 1.50. The second-order valence-electron chi connectivity index (χ2n) is 6.09. The zero-order valence-corrected chi connectivity index (χ0v) is 16.0. The quantitative estimate of drug-likeness (QED) is 0.495. The fourth-order valence-corrected chi connectivity index (χ4v) is 3.17. The van der Waals surface area contributed by atoms with Crippen molar-refractivity contribution in [3.63, 3.8) is 0 Å². The third kappa shape index (κ3) is 5.45. The molecule has 1 atom stereocenters. The smallest absolute Gasteiger partial charge is 0.338 e. The number of benzene rings is 2. The summed E-state index contributed by atoms with van der Waals surface area (Å²) in [4.78, 5) is 24.2. The SMILES string of the molecule is O=C(OCC(=O)c1ccc(Cl)cc1Cl)c1ccc(OC[C@H]2CCCO2)cc1. The van der Waals surface area contributed by atoms with Gasteiger partial charge in [0.05, 0.1) is 16.7 Å². The minimum Gasteiger partial charge on any atom is -0.491 e. The molecular weight excluding hydrogens is 391 g/mol. The normalized spacial score (nSPS) is 16.1. The van der Waals surface area contributed by atoms with E-state index in [9.17, 15) is 9.59 Å². The van der Waals surface area contributed by atoms with Crippen LogP contribution >= 0.6 is 23.2 Å². The van der Waals surface area contributed by atoms with Gasteiger partial charge in [-0.15, -0.1) is 0 Å². The molecule has 0 saturated carbocycles. The van der Waals surface area contributed by atoms with Crippen molar-refractivity contribution in [1.29, 1.82) is 0 Å². The topological polar surface area (TPSA) is 61.8 Å². The molecule has 0 aromatic heterocycles. The van der Waals surface area contributed by atoms with Gasteiger partial charge in [0, 0.05) is 17.2 Å². The summed E-state index contributed by atoms with van der Waals surface area (Å²) in [6, 6.07) is 11.1. The highest BCUT2D eigenvalue weighted by Crippen LogP contribution is 2.22. The molecule has 2 aromatic rings. The first-order chi connectivity index (χ1) is 13.0. The lowest BCUT2D eigenvalue weighted by Gasteiger charge is -2.11. The Morgan fingerprint density at radius 1 is 1.11 bits per heavy atom. The Hall–Kier alpha value is -2.08. The third-order valence-corrected chi connectivity index (χ3v) is 4.66. The van der Waals surface area contributed by atoms with Crippen LogP contribution in [0.15, 0.2) is 42.5 Å². The Morgan fingerprint density at radius 2 is 1.89 bits per heavy atom. The van der Waals surface area contributed by atoms with Crippen molar-refractivity contribution < 1.29 is 23.8 Å². The fourth-order valence-electron chi connectivity index (χ4n) is 2.66. The summed E-state index contributed by atoms with van der Waals surface area (Å²) in [7, 11) is 0. The van der Waals surface area contributed by atoms with Crippen LogP contribution in [0, 0.1) is 0 Å². The number of hydrogen-bond acceptors (Lipinski definition) is 5. The molecule has 5 nitrogen and oxygen atoms in total. The summed E-state index contributed by atoms with van der Waals surface area (Å²) in [5.41, 5.74) is 0.584. The molecule has 27 heavy (non-hydrogen) atoms. The molecule has 3 rings (SSSR count). The molecule has 0 spiro atoms. The first kappa shape index (κ1) is 19.7. The van der Waals surface area contributed by atoms with E-state index in [1.807, 2.05) is 0 Å². The highest BCUT2D eigenvalue weighted by molar-refractivity contribution is 6.36. The van der Waals surface area contributed by atoms with Gasteiger partial charge in [0.15, 0.2) is 6.61 Å². The molecule has 0 aliphatic carbocycles. The molecule has 2 aromatic carbocycles. The molecule has 142 valence electrons. The van der Waals surface area contributed by atoms with Crippen molar-refractivity contribution in [2.45, 2.75) is 18.9 Å². The first-order valence-electron chi connectivity index (χ1n) is 8.53. The average molecular weight is 409 g/mol. The summed E-state index contributed by atoms with van der Waals surface area (Å²) < 4.78 is 16.2. The van der Waals surface area contributed by atoms with E-state index in [4.69, 9.17) is 37.4 Å². The van der Waals surface area contributed by atoms with Crippen molar-refractivity contribution in [3.05, 3.63) is 63.6 Å². The summed E-state index contributed by atoms with van der Waals surface area (Å²) in [6.45, 7) is 0.858. The Bertz CT molecular complexity index is 814. The minimum absolute atomic E-state index is 0.125. The zero-order chi connectivity index (χ0) is 19.2. The molecule has 7 heteroatoms. The minimum atomic E-state index is -0.598. The van der Waals surface area contributed by atoms with Crippen molar-refractivity contribution in [3.8, 4) is 5.75 Å². The van der Waals surface area contributed by atoms with Gasteiger partial charge >= 0.3 is 5.97 Å². The maximum Gasteiger partial charge on any atom is 0.338 e. The van der Waals surface area contributed by atoms with Crippen molar-refractivity contribution in [2.75, 3.05) is 19.8 Å². The van der Waals surface area contributed by atoms with E-state index in [-0.39, 0.29) is 16.7 Å². The first-order valence-corrected chi connectivity index (χ1v) is 9.28. The second kappa shape index (κ2) is 9.22. The maximum absolute atomic E-state index is 12.1. The van der Waals surface area contributed by atoms with E-state index < -0.39 is 18.4 Å². The van der Waals surface area contributed by atoms with Crippen LogP contribution in [0.25, 0.3) is 0 Å². The van der Waals surface area contributed by atoms with Crippen LogP contribution < -0.4 is 4.74 Å². The van der Waals surface area contributed by atoms with Gasteiger partial charge in [0.25, 0.3) is 0 Å². The molecule has 1 saturated heterocycles. The highest BCUT2D eigenvalue weighted by atomic mass is 35.5. The standard InChI is InChI=1S/C20H18Cl2O5/c21-14-5-8-17(18(22)10-14)19(23)12-27-20(24)13-3-6-15(7-4-13)26-11-16-2-1-9-25-16/h3-8,10,16H,1-2,9,11-12H2/t16-/m1/s1. The average Bonchev–Trinajstić information content (AvgIpc) is 3.18. The van der Waals surface area contributed by atoms with Crippen LogP contribution in [0.4, 0.5) is 0 Å². The van der Waals surface area contributed by atoms with Gasteiger partial charge in [-0.2, -0.15) is 0 Å². The molecule has 1 fully saturated rings. The number of halogens is 2. The van der Waals surface area contributed by atoms with E-state index in [1.54, 1.807) is 30.3 Å². The number of rotatable bonds is 7. The van der Waals surface area contributed by atoms with Crippen molar-refractivity contribution in [1.82, 2.24) is 0 Å². The summed E-state index contributed by atoms with van der Waals surface area (Å²) in [5.74, 6) is -0.355. The zero-order valence-electron chi connectivity index (χ0n) is 14.5. The van der Waals surface area contributed by atoms with E-state index in [0.717, 1.165) is 19.4 Å². The van der Waals surface area contributed by atoms with E-state index >= 15 is 0 Å². The number of ether oxygens (including phenoxy) is 3. The van der Waals surface area contributed by atoms with Crippen molar-refractivity contribution >= 4 is 35.0 Å². The number of Topliss-reactive ketones (excluding diaryl/α,β-unsaturated/α-hetero) is 1. The predicted octanol–water partition coefficient (Wildman–Crippen LogP) is 4.59. The second-order valence-corrected chi connectivity index (χ2v) is 6.94. The van der Waals surface area contributed by atoms with E-state index in [2.05, 4.69) is 0 Å². The molecule has 0 radical (unpaired) electrons. The monoisotopic (exact) mass is 408 g/mol. The van der Waals surface area contributed by atoms with Gasteiger partial charge in [-0.25, -0.2) is 4.79 Å². The number of carbonyl (C=O) groups is 2. The van der Waals surface area contributed by atoms with E-state index in [0.29, 0.717) is 22.9 Å². The Labute approximate surface area is 167 Å². The third-order valence-electron chi connectivity index (χ3n) is 4.12. The molecule has 1 aliphatic heterocycles. The van der Waals surface area contributed by atoms with Crippen LogP contribution in [-0.4, -0.2) is 37.7 Å². The fraction of sp³-hybridized carbons (Fsp3) is 0.300. The van der Waals surface area contributed by atoms with Crippen LogP contribution in [0.2, 0.25) is 10.0 Å². The van der Waals surface area contributed by atoms with Gasteiger partial charge in [-0.05, 0) is 55.3 Å². The Morgan fingerprint density at radius 3 is 2.56 bits per heavy atom. The van der Waals surface area contributed by atoms with Gasteiger partial charge in [0.1, 0.15) is 12.4 Å². The Kier molecular flexibility index (Phi) is 6.72. The van der Waals surface area contributed by atoms with Crippen LogP contribution in [0.1, 0.15) is 33.6 Å². The lowest BCUT2D eigenvalue weighted by Crippen LogP contribution is -2.16. The highest BCUT2D eigenvalue weighted by Gasteiger charge is 2.17. The summed E-state index contributed by atoms with van der Waals surface area (Å²) >= 11 is 11.8. The molecule has 1 heterocycles. The predicted molar refractivity (Wildman–Crippen MR) is 102 cm³/mol. The molecule has 0 bridgehead atoms. The molecular formula is C20H18Cl2O5. The van der Waals surface area contributed by atoms with Gasteiger partial charge in [-0.1, -0.05) is 23.2 Å². The van der Waals surface area contributed by atoms with Crippen LogP contribution in [0.5, 0.6) is 5.75 Å². The molecule has 0 amide bonds. The van der Waals surface area contributed by atoms with Gasteiger partial charge < -0.3 is 14.2 Å². The number of hydrogen-bond donors (Lipinski definition) is 0. The van der Waals surface area contributed by atoms with Gasteiger partial charge in [0.2, 0.25) is 5.78 Å². The molecule has 1 aliphatic rings. The van der Waals surface area contributed by atoms with Crippen LogP contribution in [0.3, 0.4) is 0 Å². The maximum atomic E-state index is 12.1. The lowest BCUT2D eigenvalue weighted by molar-refractivity contribution is 0.0474. The van der Waals surface area contributed by atoms with Crippen molar-refractivity contribution in [2.24, 2.45) is 0 Å². The molecule has 0 N–H and O–H groups in total. The number of esters is 1. The summed E-state index contributed by atoms with van der Waals surface area (Å²) in [5, 5.41) is 0.645. The number of carbonyl (C=O) groups excluding carboxylic acids is 2. The largest absolute Gasteiger partial charge is 0.491 e. The van der Waals surface area contributed by atoms with Gasteiger partial charge in [-0.3, -0.25) is 4.79 Å². The lowest BCUT2D eigenvalue weighted by atomic mass is 10.1. The number of ketones is 1. The van der Waals surface area contributed by atoms with E-state index in [1.165, 1.54) is 12.1 Å². The van der Waals surface area contributed by atoms with Crippen LogP contribution in [-0.2, 0) is 9.47 Å². The summed E-state index contributed by atoms with van der Waals surface area (Å²) in [6.07, 6.45) is 2.18. The molecule has 0 unspecified atom stereocenters.